The van der Waals surface area contributed by atoms with Crippen LogP contribution in [0.1, 0.15) is 45.1 Å². The summed E-state index contributed by atoms with van der Waals surface area (Å²) in [6.45, 7) is 5.59. The summed E-state index contributed by atoms with van der Waals surface area (Å²) in [5, 5.41) is 2.60. The van der Waals surface area contributed by atoms with Crippen LogP contribution >= 0.6 is 0 Å². The van der Waals surface area contributed by atoms with Crippen LogP contribution in [0.15, 0.2) is 24.3 Å². The predicted octanol–water partition coefficient (Wildman–Crippen LogP) is 3.10. The second kappa shape index (κ2) is 8.73. The summed E-state index contributed by atoms with van der Waals surface area (Å²) in [4.78, 5) is 23.5. The maximum Gasteiger partial charge on any atom is 0.573 e. The Labute approximate surface area is 144 Å². The monoisotopic (exact) mass is 360 g/mol. The van der Waals surface area contributed by atoms with Gasteiger partial charge in [-0.3, -0.25) is 9.59 Å². The van der Waals surface area contributed by atoms with Crippen molar-refractivity contribution in [1.82, 2.24) is 5.32 Å². The average molecular weight is 360 g/mol. The summed E-state index contributed by atoms with van der Waals surface area (Å²) in [7, 11) is 0. The van der Waals surface area contributed by atoms with Crippen LogP contribution in [-0.2, 0) is 9.59 Å². The van der Waals surface area contributed by atoms with Crippen molar-refractivity contribution < 1.29 is 27.5 Å². The zero-order valence-corrected chi connectivity index (χ0v) is 14.4. The quantitative estimate of drug-likeness (QED) is 0.747. The maximum atomic E-state index is 12.1. The third-order valence-corrected chi connectivity index (χ3v) is 3.56. The Morgan fingerprint density at radius 1 is 1.16 bits per heavy atom. The summed E-state index contributed by atoms with van der Waals surface area (Å²) in [6.07, 6.45) is -4.21. The molecule has 0 spiro atoms. The van der Waals surface area contributed by atoms with Crippen molar-refractivity contribution in [2.24, 2.45) is 11.7 Å². The highest BCUT2D eigenvalue weighted by Crippen LogP contribution is 2.26. The topological polar surface area (TPSA) is 81.4 Å². The number of primary amides is 1. The van der Waals surface area contributed by atoms with Gasteiger partial charge in [0.05, 0.1) is 0 Å². The molecule has 2 atom stereocenters. The molecule has 25 heavy (non-hydrogen) atoms. The van der Waals surface area contributed by atoms with E-state index < -0.39 is 18.3 Å². The number of carbonyl (C=O) groups excluding carboxylic acids is 2. The van der Waals surface area contributed by atoms with Gasteiger partial charge in [0, 0.05) is 6.42 Å². The Balaban J connectivity index is 2.63. The predicted molar refractivity (Wildman–Crippen MR) is 86.7 cm³/mol. The molecule has 0 aliphatic heterocycles. The molecule has 0 heterocycles. The van der Waals surface area contributed by atoms with Gasteiger partial charge >= 0.3 is 6.36 Å². The third-order valence-electron chi connectivity index (χ3n) is 3.56. The van der Waals surface area contributed by atoms with Gasteiger partial charge in [-0.1, -0.05) is 32.9 Å². The average Bonchev–Trinajstić information content (AvgIpc) is 2.44. The standard InChI is InChI=1S/C17H23F3N2O3/c1-10(2)8-14(16(21)24)22-15(23)9-11(3)12-4-6-13(7-5-12)25-17(18,19)20/h4-7,10-11,14H,8-9H2,1-3H3,(H2,21,24)(H,22,23). The van der Waals surface area contributed by atoms with Gasteiger partial charge in [0.15, 0.2) is 0 Å². The van der Waals surface area contributed by atoms with Gasteiger partial charge in [0.1, 0.15) is 11.8 Å². The molecule has 1 aromatic rings. The normalized spacial score (nSPS) is 14.0. The highest BCUT2D eigenvalue weighted by molar-refractivity contribution is 5.86. The Bertz CT molecular complexity index is 586. The molecule has 0 saturated heterocycles. The minimum atomic E-state index is -4.74. The van der Waals surface area contributed by atoms with E-state index in [-0.39, 0.29) is 29.9 Å². The smallest absolute Gasteiger partial charge is 0.406 e. The summed E-state index contributed by atoms with van der Waals surface area (Å²) in [6, 6.07) is 4.60. The van der Waals surface area contributed by atoms with E-state index in [2.05, 4.69) is 10.1 Å². The number of halogens is 3. The van der Waals surface area contributed by atoms with Crippen LogP contribution in [0.5, 0.6) is 5.75 Å². The lowest BCUT2D eigenvalue weighted by Crippen LogP contribution is -2.45. The molecule has 5 nitrogen and oxygen atoms in total. The summed E-state index contributed by atoms with van der Waals surface area (Å²) >= 11 is 0. The van der Waals surface area contributed by atoms with Crippen LogP contribution in [0.2, 0.25) is 0 Å². The van der Waals surface area contributed by atoms with Gasteiger partial charge in [-0.05, 0) is 36.0 Å². The molecular formula is C17H23F3N2O3. The fourth-order valence-electron chi connectivity index (χ4n) is 2.36. The van der Waals surface area contributed by atoms with E-state index in [9.17, 15) is 22.8 Å². The van der Waals surface area contributed by atoms with E-state index in [1.807, 2.05) is 13.8 Å². The highest BCUT2D eigenvalue weighted by Gasteiger charge is 2.31. The van der Waals surface area contributed by atoms with Crippen LogP contribution in [-0.4, -0.2) is 24.2 Å². The van der Waals surface area contributed by atoms with Crippen molar-refractivity contribution in [2.75, 3.05) is 0 Å². The van der Waals surface area contributed by atoms with Gasteiger partial charge in [-0.15, -0.1) is 13.2 Å². The van der Waals surface area contributed by atoms with Gasteiger partial charge in [-0.25, -0.2) is 0 Å². The summed E-state index contributed by atoms with van der Waals surface area (Å²) in [5.74, 6) is -1.31. The molecule has 0 aromatic heterocycles. The van der Waals surface area contributed by atoms with Crippen LogP contribution < -0.4 is 15.8 Å². The first kappa shape index (κ1) is 20.8. The van der Waals surface area contributed by atoms with Crippen molar-refractivity contribution in [1.29, 1.82) is 0 Å². The zero-order chi connectivity index (χ0) is 19.2. The number of rotatable bonds is 8. The lowest BCUT2D eigenvalue weighted by Gasteiger charge is -2.19. The third kappa shape index (κ3) is 7.91. The minimum absolute atomic E-state index is 0.0847. The molecule has 2 unspecified atom stereocenters. The molecule has 0 bridgehead atoms. The number of alkyl halides is 3. The van der Waals surface area contributed by atoms with Crippen molar-refractivity contribution >= 4 is 11.8 Å². The Morgan fingerprint density at radius 3 is 2.16 bits per heavy atom. The van der Waals surface area contributed by atoms with Crippen LogP contribution in [0.25, 0.3) is 0 Å². The first-order valence-corrected chi connectivity index (χ1v) is 7.92. The van der Waals surface area contributed by atoms with Crippen molar-refractivity contribution in [3.63, 3.8) is 0 Å². The van der Waals surface area contributed by atoms with Gasteiger partial charge < -0.3 is 15.8 Å². The number of benzene rings is 1. The highest BCUT2D eigenvalue weighted by atomic mass is 19.4. The number of ether oxygens (including phenoxy) is 1. The van der Waals surface area contributed by atoms with Crippen molar-refractivity contribution in [3.05, 3.63) is 29.8 Å². The number of carbonyl (C=O) groups is 2. The second-order valence-electron chi connectivity index (χ2n) is 6.37. The SMILES string of the molecule is CC(C)CC(NC(=O)CC(C)c1ccc(OC(F)(F)F)cc1)C(N)=O. The van der Waals surface area contributed by atoms with Gasteiger partial charge in [0.25, 0.3) is 0 Å². The molecule has 0 aliphatic carbocycles. The molecule has 8 heteroatoms. The molecule has 2 amide bonds. The summed E-state index contributed by atoms with van der Waals surface area (Å²) < 4.78 is 40.2. The summed E-state index contributed by atoms with van der Waals surface area (Å²) in [5.41, 5.74) is 5.97. The van der Waals surface area contributed by atoms with E-state index in [1.54, 1.807) is 6.92 Å². The maximum absolute atomic E-state index is 12.1. The van der Waals surface area contributed by atoms with Crippen LogP contribution in [0.3, 0.4) is 0 Å². The molecule has 0 saturated carbocycles. The molecule has 0 aliphatic rings. The lowest BCUT2D eigenvalue weighted by atomic mass is 9.96. The van der Waals surface area contributed by atoms with E-state index in [4.69, 9.17) is 5.73 Å². The molecule has 3 N–H and O–H groups in total. The molecule has 1 aromatic carbocycles. The van der Waals surface area contributed by atoms with E-state index >= 15 is 0 Å². The van der Waals surface area contributed by atoms with E-state index in [0.29, 0.717) is 12.0 Å². The van der Waals surface area contributed by atoms with E-state index in [0.717, 1.165) is 0 Å². The molecular weight excluding hydrogens is 337 g/mol. The van der Waals surface area contributed by atoms with Crippen molar-refractivity contribution in [2.45, 2.75) is 51.9 Å². The lowest BCUT2D eigenvalue weighted by molar-refractivity contribution is -0.274. The number of hydrogen-bond donors (Lipinski definition) is 2. The Morgan fingerprint density at radius 2 is 1.72 bits per heavy atom. The Kier molecular flexibility index (Phi) is 7.26. The molecule has 0 fully saturated rings. The number of hydrogen-bond acceptors (Lipinski definition) is 3. The van der Waals surface area contributed by atoms with Crippen molar-refractivity contribution in [3.8, 4) is 5.75 Å². The first-order chi connectivity index (χ1) is 11.5. The van der Waals surface area contributed by atoms with Crippen LogP contribution in [0.4, 0.5) is 13.2 Å². The Hall–Kier alpha value is -2.25. The van der Waals surface area contributed by atoms with E-state index in [1.165, 1.54) is 24.3 Å². The molecule has 140 valence electrons. The zero-order valence-electron chi connectivity index (χ0n) is 14.4. The van der Waals surface area contributed by atoms with Gasteiger partial charge in [-0.2, -0.15) is 0 Å². The fraction of sp³-hybridized carbons (Fsp3) is 0.529. The van der Waals surface area contributed by atoms with Crippen LogP contribution in [0, 0.1) is 5.92 Å². The number of nitrogens with one attached hydrogen (secondary N) is 1. The second-order valence-corrected chi connectivity index (χ2v) is 6.37. The molecule has 0 radical (unpaired) electrons. The first-order valence-electron chi connectivity index (χ1n) is 7.92. The number of amides is 2. The largest absolute Gasteiger partial charge is 0.573 e. The van der Waals surface area contributed by atoms with Gasteiger partial charge in [0.2, 0.25) is 11.8 Å². The number of nitrogens with two attached hydrogens (primary N) is 1. The minimum Gasteiger partial charge on any atom is -0.406 e. The molecule has 1 rings (SSSR count). The fourth-order valence-corrected chi connectivity index (χ4v) is 2.36.